The molecule has 0 aliphatic rings. The van der Waals surface area contributed by atoms with Crippen LogP contribution in [-0.2, 0) is 6.42 Å². The Labute approximate surface area is 118 Å². The fraction of sp³-hybridized carbons (Fsp3) is 0.294. The van der Waals surface area contributed by atoms with Crippen LogP contribution >= 0.6 is 0 Å². The number of hydrogen-bond donors (Lipinski definition) is 1. The lowest BCUT2D eigenvalue weighted by molar-refractivity contribution is 0.517. The van der Waals surface area contributed by atoms with E-state index in [0.717, 1.165) is 18.9 Å². The molecule has 1 atom stereocenters. The lowest BCUT2D eigenvalue weighted by Gasteiger charge is -2.16. The third-order valence-corrected chi connectivity index (χ3v) is 3.50. The van der Waals surface area contributed by atoms with Gasteiger partial charge in [0.25, 0.3) is 0 Å². The van der Waals surface area contributed by atoms with Crippen LogP contribution in [0, 0.1) is 11.6 Å². The largest absolute Gasteiger partial charge is 0.313 e. The molecular weight excluding hydrogens is 256 g/mol. The summed E-state index contributed by atoms with van der Waals surface area (Å²) >= 11 is 0. The summed E-state index contributed by atoms with van der Waals surface area (Å²) in [4.78, 5) is 0. The predicted molar refractivity (Wildman–Crippen MR) is 77.5 cm³/mol. The van der Waals surface area contributed by atoms with Gasteiger partial charge in [-0.05, 0) is 55.6 Å². The first-order chi connectivity index (χ1) is 9.70. The van der Waals surface area contributed by atoms with Crippen LogP contribution in [-0.4, -0.2) is 7.05 Å². The molecule has 0 saturated heterocycles. The van der Waals surface area contributed by atoms with Crippen molar-refractivity contribution in [1.29, 1.82) is 0 Å². The quantitative estimate of drug-likeness (QED) is 0.831. The first-order valence-corrected chi connectivity index (χ1v) is 6.87. The maximum Gasteiger partial charge on any atom is 0.126 e. The smallest absolute Gasteiger partial charge is 0.126 e. The summed E-state index contributed by atoms with van der Waals surface area (Å²) in [6, 6.07) is 14.0. The van der Waals surface area contributed by atoms with Crippen LogP contribution in [0.4, 0.5) is 8.78 Å². The molecule has 0 amide bonds. The Hall–Kier alpha value is -1.74. The minimum Gasteiger partial charge on any atom is -0.313 e. The molecule has 1 unspecified atom stereocenters. The fourth-order valence-electron chi connectivity index (χ4n) is 2.39. The molecular formula is C17H19F2N. The van der Waals surface area contributed by atoms with Crippen molar-refractivity contribution in [3.05, 3.63) is 71.3 Å². The molecule has 0 aliphatic heterocycles. The second-order valence-electron chi connectivity index (χ2n) is 4.88. The molecule has 0 radical (unpaired) electrons. The molecule has 3 heteroatoms. The van der Waals surface area contributed by atoms with Crippen LogP contribution in [0.25, 0.3) is 0 Å². The highest BCUT2D eigenvalue weighted by atomic mass is 19.1. The summed E-state index contributed by atoms with van der Waals surface area (Å²) in [6.07, 6.45) is 2.24. The SMILES string of the molecule is CNC(CCCc1cc(F)ccc1F)c1ccccc1. The van der Waals surface area contributed by atoms with Crippen LogP contribution in [0.1, 0.15) is 30.0 Å². The van der Waals surface area contributed by atoms with Crippen molar-refractivity contribution < 1.29 is 8.78 Å². The number of hydrogen-bond acceptors (Lipinski definition) is 1. The van der Waals surface area contributed by atoms with E-state index in [-0.39, 0.29) is 17.7 Å². The number of nitrogens with one attached hydrogen (secondary N) is 1. The Balaban J connectivity index is 1.93. The van der Waals surface area contributed by atoms with Gasteiger partial charge in [-0.3, -0.25) is 0 Å². The number of rotatable bonds is 6. The van der Waals surface area contributed by atoms with Gasteiger partial charge in [-0.1, -0.05) is 30.3 Å². The highest BCUT2D eigenvalue weighted by molar-refractivity contribution is 5.20. The van der Waals surface area contributed by atoms with E-state index < -0.39 is 0 Å². The molecule has 1 nitrogen and oxygen atoms in total. The minimum atomic E-state index is -0.380. The number of halogens is 2. The molecule has 2 aromatic carbocycles. The summed E-state index contributed by atoms with van der Waals surface area (Å²) in [5.74, 6) is -0.707. The molecule has 0 aromatic heterocycles. The molecule has 106 valence electrons. The average Bonchev–Trinajstić information content (AvgIpc) is 2.48. The summed E-state index contributed by atoms with van der Waals surface area (Å²) in [7, 11) is 1.92. The molecule has 20 heavy (non-hydrogen) atoms. The monoisotopic (exact) mass is 275 g/mol. The lowest BCUT2D eigenvalue weighted by Crippen LogP contribution is -2.16. The van der Waals surface area contributed by atoms with E-state index in [1.165, 1.54) is 17.7 Å². The van der Waals surface area contributed by atoms with E-state index >= 15 is 0 Å². The Morgan fingerprint density at radius 3 is 2.50 bits per heavy atom. The van der Waals surface area contributed by atoms with Crippen molar-refractivity contribution in [3.63, 3.8) is 0 Å². The van der Waals surface area contributed by atoms with E-state index in [1.54, 1.807) is 0 Å². The third kappa shape index (κ3) is 3.87. The maximum atomic E-state index is 13.5. The Morgan fingerprint density at radius 1 is 1.05 bits per heavy atom. The normalized spacial score (nSPS) is 12.3. The molecule has 2 rings (SSSR count). The van der Waals surface area contributed by atoms with Gasteiger partial charge in [-0.25, -0.2) is 8.78 Å². The molecule has 0 aliphatic carbocycles. The van der Waals surface area contributed by atoms with Crippen LogP contribution in [0.2, 0.25) is 0 Å². The van der Waals surface area contributed by atoms with Gasteiger partial charge in [-0.2, -0.15) is 0 Å². The van der Waals surface area contributed by atoms with Crippen molar-refractivity contribution in [3.8, 4) is 0 Å². The van der Waals surface area contributed by atoms with Gasteiger partial charge in [0.05, 0.1) is 0 Å². The van der Waals surface area contributed by atoms with Gasteiger partial charge in [-0.15, -0.1) is 0 Å². The predicted octanol–water partition coefficient (Wildman–Crippen LogP) is 4.25. The molecule has 0 fully saturated rings. The number of aryl methyl sites for hydroxylation is 1. The first-order valence-electron chi connectivity index (χ1n) is 6.87. The zero-order valence-electron chi connectivity index (χ0n) is 11.6. The summed E-state index contributed by atoms with van der Waals surface area (Å²) in [5.41, 5.74) is 1.67. The van der Waals surface area contributed by atoms with Gasteiger partial charge < -0.3 is 5.32 Å². The minimum absolute atomic E-state index is 0.243. The highest BCUT2D eigenvalue weighted by Crippen LogP contribution is 2.20. The van der Waals surface area contributed by atoms with Crippen molar-refractivity contribution in [1.82, 2.24) is 5.32 Å². The average molecular weight is 275 g/mol. The van der Waals surface area contributed by atoms with Gasteiger partial charge in [0.15, 0.2) is 0 Å². The van der Waals surface area contributed by atoms with Gasteiger partial charge >= 0.3 is 0 Å². The molecule has 0 heterocycles. The molecule has 0 bridgehead atoms. The second-order valence-corrected chi connectivity index (χ2v) is 4.88. The highest BCUT2D eigenvalue weighted by Gasteiger charge is 2.09. The standard InChI is InChI=1S/C17H19F2N/c1-20-17(13-6-3-2-4-7-13)9-5-8-14-12-15(18)10-11-16(14)19/h2-4,6-7,10-12,17,20H,5,8-9H2,1H3. The van der Waals surface area contributed by atoms with Gasteiger partial charge in [0.2, 0.25) is 0 Å². The number of benzene rings is 2. The topological polar surface area (TPSA) is 12.0 Å². The fourth-order valence-corrected chi connectivity index (χ4v) is 2.39. The Bertz CT molecular complexity index is 540. The van der Waals surface area contributed by atoms with Crippen LogP contribution in [0.5, 0.6) is 0 Å². The van der Waals surface area contributed by atoms with E-state index in [9.17, 15) is 8.78 Å². The van der Waals surface area contributed by atoms with Crippen LogP contribution in [0.3, 0.4) is 0 Å². The maximum absolute atomic E-state index is 13.5. The van der Waals surface area contributed by atoms with Crippen LogP contribution < -0.4 is 5.32 Å². The molecule has 2 aromatic rings. The Morgan fingerprint density at radius 2 is 1.80 bits per heavy atom. The van der Waals surface area contributed by atoms with Gasteiger partial charge in [0, 0.05) is 6.04 Å². The van der Waals surface area contributed by atoms with Crippen molar-refractivity contribution in [2.75, 3.05) is 7.05 Å². The van der Waals surface area contributed by atoms with E-state index in [4.69, 9.17) is 0 Å². The van der Waals surface area contributed by atoms with E-state index in [2.05, 4.69) is 17.4 Å². The lowest BCUT2D eigenvalue weighted by atomic mass is 9.99. The molecule has 1 N–H and O–H groups in total. The van der Waals surface area contributed by atoms with Crippen molar-refractivity contribution in [2.24, 2.45) is 0 Å². The van der Waals surface area contributed by atoms with Crippen molar-refractivity contribution in [2.45, 2.75) is 25.3 Å². The van der Waals surface area contributed by atoms with E-state index in [0.29, 0.717) is 12.0 Å². The first kappa shape index (κ1) is 14.7. The summed E-state index contributed by atoms with van der Waals surface area (Å²) < 4.78 is 26.6. The zero-order chi connectivity index (χ0) is 14.4. The molecule has 0 saturated carbocycles. The summed E-state index contributed by atoms with van der Waals surface area (Å²) in [5, 5.41) is 3.26. The zero-order valence-corrected chi connectivity index (χ0v) is 11.6. The third-order valence-electron chi connectivity index (χ3n) is 3.50. The second kappa shape index (κ2) is 7.15. The van der Waals surface area contributed by atoms with Crippen molar-refractivity contribution >= 4 is 0 Å². The van der Waals surface area contributed by atoms with Crippen LogP contribution in [0.15, 0.2) is 48.5 Å². The van der Waals surface area contributed by atoms with E-state index in [1.807, 2.05) is 25.2 Å². The Kier molecular flexibility index (Phi) is 5.24. The molecule has 0 spiro atoms. The summed E-state index contributed by atoms with van der Waals surface area (Å²) in [6.45, 7) is 0. The van der Waals surface area contributed by atoms with Gasteiger partial charge in [0.1, 0.15) is 11.6 Å².